The van der Waals surface area contributed by atoms with Crippen molar-refractivity contribution >= 4 is 5.91 Å². The topological polar surface area (TPSA) is 67.8 Å². The minimum absolute atomic E-state index is 0.0849. The van der Waals surface area contributed by atoms with Crippen LogP contribution in [-0.2, 0) is 20.7 Å². The predicted octanol–water partition coefficient (Wildman–Crippen LogP) is 0.855. The molecule has 5 nitrogen and oxygen atoms in total. The monoisotopic (exact) mass is 265 g/mol. The van der Waals surface area contributed by atoms with Crippen LogP contribution in [0.3, 0.4) is 0 Å². The van der Waals surface area contributed by atoms with Crippen LogP contribution in [0.2, 0.25) is 0 Å². The lowest BCUT2D eigenvalue weighted by atomic mass is 10.1. The molecule has 0 unspecified atom stereocenters. The Morgan fingerprint density at radius 2 is 2.26 bits per heavy atom. The minimum Gasteiger partial charge on any atom is -0.508 e. The summed E-state index contributed by atoms with van der Waals surface area (Å²) in [6.45, 7) is 3.49. The number of ether oxygens (including phenoxy) is 2. The molecule has 1 aliphatic rings. The number of hydrogen-bond acceptors (Lipinski definition) is 4. The number of carbonyl (C=O) groups excluding carboxylic acids is 1. The standard InChI is InChI=1S/C14H19NO4/c1-2-19-13-9-18-8-11(13)15-14(17)7-10-5-3-4-6-12(10)16/h3-6,11,13,16H,2,7-9H2,1H3,(H,15,17)/t11-,13-/m0/s1. The fraction of sp³-hybridized carbons (Fsp3) is 0.500. The van der Waals surface area contributed by atoms with Crippen molar-refractivity contribution in [3.05, 3.63) is 29.8 Å². The summed E-state index contributed by atoms with van der Waals surface area (Å²) >= 11 is 0. The molecule has 5 heteroatoms. The Labute approximate surface area is 112 Å². The van der Waals surface area contributed by atoms with E-state index >= 15 is 0 Å². The molecule has 1 amide bonds. The number of benzene rings is 1. The fourth-order valence-corrected chi connectivity index (χ4v) is 2.14. The quantitative estimate of drug-likeness (QED) is 0.828. The highest BCUT2D eigenvalue weighted by Crippen LogP contribution is 2.16. The van der Waals surface area contributed by atoms with Gasteiger partial charge in [-0.25, -0.2) is 0 Å². The fourth-order valence-electron chi connectivity index (χ4n) is 2.14. The Balaban J connectivity index is 1.89. The second-order valence-electron chi connectivity index (χ2n) is 4.51. The van der Waals surface area contributed by atoms with E-state index in [0.29, 0.717) is 25.4 Å². The number of carbonyl (C=O) groups is 1. The van der Waals surface area contributed by atoms with Crippen LogP contribution in [0.4, 0.5) is 0 Å². The molecule has 0 aliphatic carbocycles. The van der Waals surface area contributed by atoms with E-state index in [0.717, 1.165) is 0 Å². The summed E-state index contributed by atoms with van der Waals surface area (Å²) in [6.07, 6.45) is 0.0699. The van der Waals surface area contributed by atoms with Gasteiger partial charge in [0.25, 0.3) is 0 Å². The number of hydrogen-bond donors (Lipinski definition) is 2. The molecule has 1 aliphatic heterocycles. The molecular formula is C14H19NO4. The number of para-hydroxylation sites is 1. The van der Waals surface area contributed by atoms with Crippen LogP contribution in [0, 0.1) is 0 Å². The van der Waals surface area contributed by atoms with Gasteiger partial charge in [0.1, 0.15) is 11.9 Å². The third-order valence-corrected chi connectivity index (χ3v) is 3.10. The number of nitrogens with one attached hydrogen (secondary N) is 1. The first-order valence-corrected chi connectivity index (χ1v) is 6.46. The molecular weight excluding hydrogens is 246 g/mol. The molecule has 104 valence electrons. The van der Waals surface area contributed by atoms with Gasteiger partial charge in [0.15, 0.2) is 0 Å². The predicted molar refractivity (Wildman–Crippen MR) is 70.0 cm³/mol. The van der Waals surface area contributed by atoms with Crippen LogP contribution in [0.25, 0.3) is 0 Å². The van der Waals surface area contributed by atoms with Crippen LogP contribution < -0.4 is 5.32 Å². The SMILES string of the molecule is CCO[C@H]1COC[C@@H]1NC(=O)Cc1ccccc1O. The maximum absolute atomic E-state index is 11.9. The molecule has 2 rings (SSSR count). The zero-order valence-electron chi connectivity index (χ0n) is 11.0. The maximum atomic E-state index is 11.9. The van der Waals surface area contributed by atoms with E-state index in [1.807, 2.05) is 6.92 Å². The number of phenolic OH excluding ortho intramolecular Hbond substituents is 1. The summed E-state index contributed by atoms with van der Waals surface area (Å²) in [5, 5.41) is 12.5. The Morgan fingerprint density at radius 3 is 3.00 bits per heavy atom. The van der Waals surface area contributed by atoms with Crippen molar-refractivity contribution in [1.29, 1.82) is 0 Å². The van der Waals surface area contributed by atoms with Gasteiger partial charge in [0, 0.05) is 12.2 Å². The Morgan fingerprint density at radius 1 is 1.47 bits per heavy atom. The third kappa shape index (κ3) is 3.68. The Kier molecular flexibility index (Phi) is 4.76. The first-order chi connectivity index (χ1) is 9.20. The maximum Gasteiger partial charge on any atom is 0.224 e. The van der Waals surface area contributed by atoms with Gasteiger partial charge >= 0.3 is 0 Å². The zero-order valence-corrected chi connectivity index (χ0v) is 11.0. The van der Waals surface area contributed by atoms with Crippen molar-refractivity contribution in [2.24, 2.45) is 0 Å². The number of rotatable bonds is 5. The first kappa shape index (κ1) is 13.8. The molecule has 0 saturated carbocycles. The van der Waals surface area contributed by atoms with Gasteiger partial charge in [-0.1, -0.05) is 18.2 Å². The van der Waals surface area contributed by atoms with E-state index in [9.17, 15) is 9.90 Å². The first-order valence-electron chi connectivity index (χ1n) is 6.46. The summed E-state index contributed by atoms with van der Waals surface area (Å²) in [6, 6.07) is 6.72. The van der Waals surface area contributed by atoms with Crippen LogP contribution in [0.5, 0.6) is 5.75 Å². The van der Waals surface area contributed by atoms with Gasteiger partial charge in [-0.05, 0) is 13.0 Å². The van der Waals surface area contributed by atoms with Gasteiger partial charge < -0.3 is 19.9 Å². The van der Waals surface area contributed by atoms with Crippen molar-refractivity contribution in [1.82, 2.24) is 5.32 Å². The summed E-state index contributed by atoms with van der Waals surface area (Å²) in [4.78, 5) is 11.9. The third-order valence-electron chi connectivity index (χ3n) is 3.10. The van der Waals surface area contributed by atoms with E-state index in [4.69, 9.17) is 9.47 Å². The van der Waals surface area contributed by atoms with Crippen molar-refractivity contribution in [2.45, 2.75) is 25.5 Å². The molecule has 1 aromatic carbocycles. The van der Waals surface area contributed by atoms with Crippen LogP contribution in [0.15, 0.2) is 24.3 Å². The lowest BCUT2D eigenvalue weighted by molar-refractivity contribution is -0.122. The Hall–Kier alpha value is -1.59. The smallest absolute Gasteiger partial charge is 0.224 e. The van der Waals surface area contributed by atoms with Gasteiger partial charge in [-0.2, -0.15) is 0 Å². The zero-order chi connectivity index (χ0) is 13.7. The van der Waals surface area contributed by atoms with Crippen molar-refractivity contribution in [2.75, 3.05) is 19.8 Å². The molecule has 1 aromatic rings. The average molecular weight is 265 g/mol. The van der Waals surface area contributed by atoms with Gasteiger partial charge in [-0.15, -0.1) is 0 Å². The van der Waals surface area contributed by atoms with Crippen LogP contribution in [0.1, 0.15) is 12.5 Å². The van der Waals surface area contributed by atoms with Gasteiger partial charge in [-0.3, -0.25) is 4.79 Å². The summed E-state index contributed by atoms with van der Waals surface area (Å²) in [7, 11) is 0. The lowest BCUT2D eigenvalue weighted by Gasteiger charge is -2.19. The second kappa shape index (κ2) is 6.54. The highest BCUT2D eigenvalue weighted by molar-refractivity contribution is 5.79. The van der Waals surface area contributed by atoms with E-state index < -0.39 is 0 Å². The van der Waals surface area contributed by atoms with Crippen LogP contribution >= 0.6 is 0 Å². The molecule has 0 radical (unpaired) electrons. The van der Waals surface area contributed by atoms with E-state index in [1.165, 1.54) is 0 Å². The van der Waals surface area contributed by atoms with Crippen molar-refractivity contribution < 1.29 is 19.4 Å². The molecule has 1 heterocycles. The van der Waals surface area contributed by atoms with E-state index in [1.54, 1.807) is 24.3 Å². The molecule has 1 fully saturated rings. The largest absolute Gasteiger partial charge is 0.508 e. The van der Waals surface area contributed by atoms with E-state index in [-0.39, 0.29) is 30.2 Å². The van der Waals surface area contributed by atoms with Gasteiger partial charge in [0.05, 0.1) is 25.7 Å². The highest BCUT2D eigenvalue weighted by Gasteiger charge is 2.29. The average Bonchev–Trinajstić information content (AvgIpc) is 2.80. The Bertz CT molecular complexity index is 435. The molecule has 2 atom stereocenters. The number of amides is 1. The molecule has 0 spiro atoms. The summed E-state index contributed by atoms with van der Waals surface area (Å²) in [5.41, 5.74) is 0.617. The van der Waals surface area contributed by atoms with Crippen LogP contribution in [-0.4, -0.2) is 43.0 Å². The van der Waals surface area contributed by atoms with Crippen molar-refractivity contribution in [3.8, 4) is 5.75 Å². The molecule has 0 bridgehead atoms. The summed E-state index contributed by atoms with van der Waals surface area (Å²) in [5.74, 6) is 0.00313. The van der Waals surface area contributed by atoms with E-state index in [2.05, 4.69) is 5.32 Å². The second-order valence-corrected chi connectivity index (χ2v) is 4.51. The molecule has 2 N–H and O–H groups in total. The summed E-state index contributed by atoms with van der Waals surface area (Å²) < 4.78 is 10.8. The number of aromatic hydroxyl groups is 1. The molecule has 19 heavy (non-hydrogen) atoms. The number of phenols is 1. The lowest BCUT2D eigenvalue weighted by Crippen LogP contribution is -2.44. The van der Waals surface area contributed by atoms with Crippen molar-refractivity contribution in [3.63, 3.8) is 0 Å². The van der Waals surface area contributed by atoms with Gasteiger partial charge in [0.2, 0.25) is 5.91 Å². The minimum atomic E-state index is -0.137. The highest BCUT2D eigenvalue weighted by atomic mass is 16.5. The normalized spacial score (nSPS) is 22.4. The molecule has 0 aromatic heterocycles. The molecule has 1 saturated heterocycles.